The van der Waals surface area contributed by atoms with Gasteiger partial charge in [0.25, 0.3) is 0 Å². The van der Waals surface area contributed by atoms with E-state index in [9.17, 15) is 14.4 Å². The van der Waals surface area contributed by atoms with Crippen molar-refractivity contribution >= 4 is 18.0 Å². The van der Waals surface area contributed by atoms with Crippen LogP contribution in [0.4, 0.5) is 4.79 Å². The van der Waals surface area contributed by atoms with E-state index >= 15 is 0 Å². The molecule has 0 aliphatic heterocycles. The Morgan fingerprint density at radius 3 is 2.26 bits per heavy atom. The fourth-order valence-corrected chi connectivity index (χ4v) is 3.60. The zero-order valence-corrected chi connectivity index (χ0v) is 17.2. The van der Waals surface area contributed by atoms with Gasteiger partial charge in [0.15, 0.2) is 0 Å². The molecule has 3 N–H and O–H groups in total. The largest absolute Gasteiger partial charge is 0.480 e. The van der Waals surface area contributed by atoms with Crippen molar-refractivity contribution in [2.75, 3.05) is 13.2 Å². The van der Waals surface area contributed by atoms with Crippen LogP contribution in [0.5, 0.6) is 0 Å². The summed E-state index contributed by atoms with van der Waals surface area (Å²) in [6.07, 6.45) is -0.661. The SMILES string of the molecule is CC#CCC(NC(=O)CCNC(=O)OCC1c2ccccc2-c2ccccc21)C(=O)O. The van der Waals surface area contributed by atoms with Crippen LogP contribution >= 0.6 is 0 Å². The minimum absolute atomic E-state index is 0.0252. The first kappa shape index (κ1) is 21.9. The average Bonchev–Trinajstić information content (AvgIpc) is 3.09. The number of carbonyl (C=O) groups excluding carboxylic acids is 2. The molecule has 1 aliphatic rings. The highest BCUT2D eigenvalue weighted by Gasteiger charge is 2.29. The van der Waals surface area contributed by atoms with Gasteiger partial charge < -0.3 is 20.5 Å². The summed E-state index contributed by atoms with van der Waals surface area (Å²) < 4.78 is 5.40. The van der Waals surface area contributed by atoms with E-state index in [2.05, 4.69) is 34.6 Å². The van der Waals surface area contributed by atoms with Crippen molar-refractivity contribution in [2.24, 2.45) is 0 Å². The maximum absolute atomic E-state index is 12.1. The van der Waals surface area contributed by atoms with E-state index in [1.54, 1.807) is 6.92 Å². The summed E-state index contributed by atoms with van der Waals surface area (Å²) in [7, 11) is 0. The third-order valence-corrected chi connectivity index (χ3v) is 5.08. The predicted molar refractivity (Wildman–Crippen MR) is 115 cm³/mol. The van der Waals surface area contributed by atoms with Gasteiger partial charge in [0.1, 0.15) is 12.6 Å². The molecule has 7 nitrogen and oxygen atoms in total. The number of rotatable bonds is 8. The van der Waals surface area contributed by atoms with Crippen LogP contribution in [0.25, 0.3) is 11.1 Å². The third-order valence-electron chi connectivity index (χ3n) is 5.08. The molecule has 2 aromatic rings. The van der Waals surface area contributed by atoms with Crippen LogP contribution < -0.4 is 10.6 Å². The normalized spacial score (nSPS) is 12.5. The van der Waals surface area contributed by atoms with Gasteiger partial charge in [0, 0.05) is 25.3 Å². The molecule has 0 radical (unpaired) electrons. The molecular weight excluding hydrogens is 396 g/mol. The fraction of sp³-hybridized carbons (Fsp3) is 0.292. The molecule has 31 heavy (non-hydrogen) atoms. The molecule has 0 saturated heterocycles. The van der Waals surface area contributed by atoms with Crippen molar-refractivity contribution in [3.05, 3.63) is 59.7 Å². The smallest absolute Gasteiger partial charge is 0.407 e. The van der Waals surface area contributed by atoms with E-state index in [1.165, 1.54) is 0 Å². The number of hydrogen-bond donors (Lipinski definition) is 3. The van der Waals surface area contributed by atoms with Crippen LogP contribution in [0.2, 0.25) is 0 Å². The Balaban J connectivity index is 1.47. The lowest BCUT2D eigenvalue weighted by Gasteiger charge is -2.15. The third kappa shape index (κ3) is 5.43. The Morgan fingerprint density at radius 1 is 1.06 bits per heavy atom. The molecule has 2 amide bonds. The zero-order chi connectivity index (χ0) is 22.2. The maximum atomic E-state index is 12.1. The molecule has 1 unspecified atom stereocenters. The van der Waals surface area contributed by atoms with Crippen LogP contribution in [0.15, 0.2) is 48.5 Å². The lowest BCUT2D eigenvalue weighted by atomic mass is 9.98. The van der Waals surface area contributed by atoms with Crippen molar-refractivity contribution < 1.29 is 24.2 Å². The standard InChI is InChI=1S/C24H24N2O5/c1-2-3-12-21(23(28)29)26-22(27)13-14-25-24(30)31-15-20-18-10-6-4-8-16(18)17-9-5-7-11-19(17)20/h4-11,20-21H,12-15H2,1H3,(H,25,30)(H,26,27)(H,28,29). The molecule has 0 spiro atoms. The van der Waals surface area contributed by atoms with Crippen LogP contribution in [-0.2, 0) is 14.3 Å². The number of alkyl carbamates (subject to hydrolysis) is 1. The van der Waals surface area contributed by atoms with E-state index in [0.29, 0.717) is 0 Å². The van der Waals surface area contributed by atoms with E-state index in [0.717, 1.165) is 22.3 Å². The van der Waals surface area contributed by atoms with Gasteiger partial charge in [-0.3, -0.25) is 4.79 Å². The van der Waals surface area contributed by atoms with E-state index in [-0.39, 0.29) is 31.9 Å². The second kappa shape index (κ2) is 10.3. The molecule has 160 valence electrons. The molecule has 7 heteroatoms. The Hall–Kier alpha value is -3.79. The molecule has 2 aromatic carbocycles. The molecule has 0 saturated carbocycles. The van der Waals surface area contributed by atoms with Gasteiger partial charge in [-0.25, -0.2) is 9.59 Å². The highest BCUT2D eigenvalue weighted by molar-refractivity contribution is 5.84. The number of nitrogens with one attached hydrogen (secondary N) is 2. The highest BCUT2D eigenvalue weighted by Crippen LogP contribution is 2.44. The fourth-order valence-electron chi connectivity index (χ4n) is 3.60. The number of amides is 2. The van der Waals surface area contributed by atoms with Crippen LogP contribution in [-0.4, -0.2) is 42.3 Å². The molecule has 1 atom stereocenters. The van der Waals surface area contributed by atoms with Crippen molar-refractivity contribution in [2.45, 2.75) is 31.7 Å². The summed E-state index contributed by atoms with van der Waals surface area (Å²) in [5.74, 6) is 3.55. The van der Waals surface area contributed by atoms with Crippen LogP contribution in [0, 0.1) is 11.8 Å². The molecule has 3 rings (SSSR count). The summed E-state index contributed by atoms with van der Waals surface area (Å²) in [4.78, 5) is 35.2. The van der Waals surface area contributed by atoms with Gasteiger partial charge in [-0.05, 0) is 29.2 Å². The van der Waals surface area contributed by atoms with Crippen LogP contribution in [0.1, 0.15) is 36.8 Å². The second-order valence-electron chi connectivity index (χ2n) is 7.09. The number of fused-ring (bicyclic) bond motifs is 3. The summed E-state index contributed by atoms with van der Waals surface area (Å²) >= 11 is 0. The molecule has 1 aliphatic carbocycles. The van der Waals surface area contributed by atoms with Gasteiger partial charge in [-0.15, -0.1) is 11.8 Å². The topological polar surface area (TPSA) is 105 Å². The first-order valence-electron chi connectivity index (χ1n) is 10.0. The second-order valence-corrected chi connectivity index (χ2v) is 7.09. The number of carboxylic acids is 1. The summed E-state index contributed by atoms with van der Waals surface area (Å²) in [5, 5.41) is 14.0. The quantitative estimate of drug-likeness (QED) is 0.570. The Bertz CT molecular complexity index is 992. The Kier molecular flexibility index (Phi) is 7.28. The monoisotopic (exact) mass is 420 g/mol. The number of carbonyl (C=O) groups is 3. The number of aliphatic carboxylic acids is 1. The maximum Gasteiger partial charge on any atom is 0.407 e. The number of ether oxygens (including phenoxy) is 1. The molecule has 0 aromatic heterocycles. The number of benzene rings is 2. The molecule has 0 heterocycles. The zero-order valence-electron chi connectivity index (χ0n) is 17.2. The lowest BCUT2D eigenvalue weighted by molar-refractivity contribution is -0.141. The van der Waals surface area contributed by atoms with Crippen molar-refractivity contribution in [1.29, 1.82) is 0 Å². The first-order chi connectivity index (χ1) is 15.0. The van der Waals surface area contributed by atoms with Crippen LogP contribution in [0.3, 0.4) is 0 Å². The summed E-state index contributed by atoms with van der Waals surface area (Å²) in [6, 6.07) is 15.0. The molecular formula is C24H24N2O5. The Morgan fingerprint density at radius 2 is 1.68 bits per heavy atom. The van der Waals surface area contributed by atoms with Gasteiger partial charge in [-0.2, -0.15) is 0 Å². The minimum atomic E-state index is -1.15. The molecule has 0 fully saturated rings. The Labute approximate surface area is 180 Å². The van der Waals surface area contributed by atoms with Gasteiger partial charge in [0.2, 0.25) is 5.91 Å². The highest BCUT2D eigenvalue weighted by atomic mass is 16.5. The first-order valence-corrected chi connectivity index (χ1v) is 10.0. The van der Waals surface area contributed by atoms with Gasteiger partial charge in [0.05, 0.1) is 0 Å². The van der Waals surface area contributed by atoms with Gasteiger partial charge in [-0.1, -0.05) is 48.5 Å². The predicted octanol–water partition coefficient (Wildman–Crippen LogP) is 2.90. The number of hydrogen-bond acceptors (Lipinski definition) is 4. The molecule has 0 bridgehead atoms. The summed E-state index contributed by atoms with van der Waals surface area (Å²) in [6.45, 7) is 1.82. The summed E-state index contributed by atoms with van der Waals surface area (Å²) in [5.41, 5.74) is 4.52. The van der Waals surface area contributed by atoms with Crippen molar-refractivity contribution in [3.8, 4) is 23.0 Å². The van der Waals surface area contributed by atoms with E-state index in [1.807, 2.05) is 36.4 Å². The van der Waals surface area contributed by atoms with Gasteiger partial charge >= 0.3 is 12.1 Å². The van der Waals surface area contributed by atoms with Crippen molar-refractivity contribution in [1.82, 2.24) is 10.6 Å². The van der Waals surface area contributed by atoms with E-state index in [4.69, 9.17) is 9.84 Å². The average molecular weight is 420 g/mol. The van der Waals surface area contributed by atoms with E-state index < -0.39 is 24.0 Å². The lowest BCUT2D eigenvalue weighted by Crippen LogP contribution is -2.41. The van der Waals surface area contributed by atoms with Crippen molar-refractivity contribution in [3.63, 3.8) is 0 Å². The number of carboxylic acid groups (broad SMARTS) is 1. The minimum Gasteiger partial charge on any atom is -0.480 e.